The molecule has 10 heteroatoms. The average molecular weight is 587 g/mol. The molecule has 1 heterocycles. The van der Waals surface area contributed by atoms with E-state index >= 15 is 0 Å². The molecule has 1 fully saturated rings. The number of hydrogen-bond donors (Lipinski definition) is 0. The van der Waals surface area contributed by atoms with Crippen LogP contribution in [0.2, 0.25) is 0 Å². The maximum absolute atomic E-state index is 13.4. The van der Waals surface area contributed by atoms with Crippen molar-refractivity contribution in [3.8, 4) is 5.75 Å². The molecule has 3 rings (SSSR count). The molecule has 0 unspecified atom stereocenters. The summed E-state index contributed by atoms with van der Waals surface area (Å²) in [6.07, 6.45) is 1.56. The summed E-state index contributed by atoms with van der Waals surface area (Å²) in [7, 11) is 0. The van der Waals surface area contributed by atoms with Gasteiger partial charge in [-0.25, -0.2) is 9.18 Å². The normalized spacial score (nSPS) is 15.9. The van der Waals surface area contributed by atoms with Crippen LogP contribution in [0.5, 0.6) is 5.75 Å². The number of thioether (sulfide) groups is 1. The molecule has 0 bridgehead atoms. The summed E-state index contributed by atoms with van der Waals surface area (Å²) in [5.74, 6) is -1.03. The van der Waals surface area contributed by atoms with E-state index in [4.69, 9.17) is 9.47 Å². The maximum Gasteiger partial charge on any atom is 0.329 e. The zero-order valence-corrected chi connectivity index (χ0v) is 21.1. The molecule has 1 atom stereocenters. The number of carbonyl (C=O) groups is 3. The number of benzene rings is 2. The summed E-state index contributed by atoms with van der Waals surface area (Å²) in [4.78, 5) is 38.1. The molecule has 6 nitrogen and oxygen atoms in total. The third-order valence-corrected chi connectivity index (χ3v) is 6.49. The van der Waals surface area contributed by atoms with Crippen LogP contribution in [0.4, 0.5) is 9.18 Å². The summed E-state index contributed by atoms with van der Waals surface area (Å²) in [5, 5.41) is -0.532. The van der Waals surface area contributed by atoms with Crippen LogP contribution < -0.4 is 4.74 Å². The van der Waals surface area contributed by atoms with Crippen molar-refractivity contribution in [3.05, 3.63) is 67.2 Å². The zero-order valence-electron chi connectivity index (χ0n) is 17.1. The van der Waals surface area contributed by atoms with Gasteiger partial charge in [0.15, 0.2) is 0 Å². The highest BCUT2D eigenvalue weighted by Crippen LogP contribution is 2.38. The highest BCUT2D eigenvalue weighted by molar-refractivity contribution is 9.11. The van der Waals surface area contributed by atoms with Gasteiger partial charge in [-0.15, -0.1) is 0 Å². The quantitative estimate of drug-likeness (QED) is 0.296. The lowest BCUT2D eigenvalue weighted by atomic mass is 10.2. The van der Waals surface area contributed by atoms with Crippen molar-refractivity contribution in [3.63, 3.8) is 0 Å². The number of carbonyl (C=O) groups excluding carboxylic acids is 3. The van der Waals surface area contributed by atoms with Crippen LogP contribution in [-0.4, -0.2) is 34.7 Å². The highest BCUT2D eigenvalue weighted by atomic mass is 79.9. The van der Waals surface area contributed by atoms with E-state index in [0.29, 0.717) is 25.8 Å². The molecule has 0 spiro atoms. The van der Waals surface area contributed by atoms with Gasteiger partial charge in [0.2, 0.25) is 0 Å². The number of amides is 2. The van der Waals surface area contributed by atoms with Gasteiger partial charge in [-0.05, 0) is 98.9 Å². The van der Waals surface area contributed by atoms with E-state index in [2.05, 4.69) is 31.9 Å². The molecule has 2 amide bonds. The van der Waals surface area contributed by atoms with E-state index in [-0.39, 0.29) is 23.9 Å². The predicted molar refractivity (Wildman–Crippen MR) is 126 cm³/mol. The number of nitrogens with zero attached hydrogens (tertiary/aromatic N) is 1. The first kappa shape index (κ1) is 24.5. The van der Waals surface area contributed by atoms with E-state index in [1.807, 2.05) is 0 Å². The van der Waals surface area contributed by atoms with E-state index in [1.54, 1.807) is 37.3 Å². The Morgan fingerprint density at radius 2 is 1.91 bits per heavy atom. The summed E-state index contributed by atoms with van der Waals surface area (Å²) >= 11 is 7.65. The Kier molecular flexibility index (Phi) is 8.13. The van der Waals surface area contributed by atoms with Gasteiger partial charge in [0.1, 0.15) is 24.2 Å². The highest BCUT2D eigenvalue weighted by Gasteiger charge is 2.41. The number of rotatable bonds is 7. The molecule has 1 aliphatic rings. The van der Waals surface area contributed by atoms with Gasteiger partial charge < -0.3 is 9.47 Å². The third-order valence-electron chi connectivity index (χ3n) is 4.43. The second-order valence-corrected chi connectivity index (χ2v) is 9.41. The van der Waals surface area contributed by atoms with Crippen molar-refractivity contribution in [2.24, 2.45) is 0 Å². The number of halogens is 3. The predicted octanol–water partition coefficient (Wildman–Crippen LogP) is 5.92. The molecule has 0 radical (unpaired) electrons. The monoisotopic (exact) mass is 585 g/mol. The van der Waals surface area contributed by atoms with Gasteiger partial charge >= 0.3 is 5.97 Å². The van der Waals surface area contributed by atoms with Gasteiger partial charge in [-0.3, -0.25) is 14.5 Å². The van der Waals surface area contributed by atoms with Crippen LogP contribution in [0.25, 0.3) is 6.08 Å². The van der Waals surface area contributed by atoms with E-state index < -0.39 is 23.2 Å². The van der Waals surface area contributed by atoms with Crippen molar-refractivity contribution >= 4 is 66.8 Å². The van der Waals surface area contributed by atoms with Gasteiger partial charge in [0.05, 0.1) is 20.5 Å². The Labute approximate surface area is 205 Å². The standard InChI is InChI=1S/C22H18Br2FNO5S/c1-3-30-21(28)12(2)26-20(27)18(32-22(26)29)10-14-8-16(23)19(17(24)9-14)31-11-13-5-4-6-15(25)7-13/h4-10,12H,3,11H2,1-2H3/b18-10+/t12-/m0/s1. The van der Waals surface area contributed by atoms with Crippen LogP contribution in [0, 0.1) is 5.82 Å². The van der Waals surface area contributed by atoms with Crippen LogP contribution >= 0.6 is 43.6 Å². The zero-order chi connectivity index (χ0) is 23.4. The number of esters is 1. The van der Waals surface area contributed by atoms with Crippen LogP contribution in [0.1, 0.15) is 25.0 Å². The Hall–Kier alpha value is -2.17. The Morgan fingerprint density at radius 1 is 1.22 bits per heavy atom. The molecular formula is C22H18Br2FNO5S. The van der Waals surface area contributed by atoms with E-state index in [1.165, 1.54) is 19.1 Å². The first-order chi connectivity index (χ1) is 15.2. The summed E-state index contributed by atoms with van der Waals surface area (Å²) in [5.41, 5.74) is 1.31. The fourth-order valence-corrected chi connectivity index (χ4v) is 5.28. The fraction of sp³-hybridized carbons (Fsp3) is 0.227. The molecule has 32 heavy (non-hydrogen) atoms. The number of imide groups is 1. The largest absolute Gasteiger partial charge is 0.487 e. The molecule has 2 aromatic rings. The minimum Gasteiger partial charge on any atom is -0.487 e. The van der Waals surface area contributed by atoms with Gasteiger partial charge in [-0.2, -0.15) is 0 Å². The second kappa shape index (κ2) is 10.6. The minimum atomic E-state index is -1.01. The van der Waals surface area contributed by atoms with Crippen molar-refractivity contribution in [2.75, 3.05) is 6.61 Å². The molecule has 0 aliphatic carbocycles. The van der Waals surface area contributed by atoms with Crippen LogP contribution in [0.15, 0.2) is 50.2 Å². The van der Waals surface area contributed by atoms with E-state index in [0.717, 1.165) is 16.7 Å². The molecule has 1 saturated heterocycles. The summed E-state index contributed by atoms with van der Waals surface area (Å²) in [6.45, 7) is 3.43. The molecule has 0 saturated carbocycles. The Morgan fingerprint density at radius 3 is 2.53 bits per heavy atom. The van der Waals surface area contributed by atoms with Crippen molar-refractivity contribution in [1.29, 1.82) is 0 Å². The van der Waals surface area contributed by atoms with Crippen LogP contribution in [0.3, 0.4) is 0 Å². The molecular weight excluding hydrogens is 569 g/mol. The molecule has 0 N–H and O–H groups in total. The molecule has 2 aromatic carbocycles. The van der Waals surface area contributed by atoms with Gasteiger partial charge in [-0.1, -0.05) is 12.1 Å². The smallest absolute Gasteiger partial charge is 0.329 e. The van der Waals surface area contributed by atoms with Gasteiger partial charge in [0, 0.05) is 0 Å². The van der Waals surface area contributed by atoms with E-state index in [9.17, 15) is 18.8 Å². The van der Waals surface area contributed by atoms with Crippen molar-refractivity contribution in [2.45, 2.75) is 26.5 Å². The molecule has 1 aliphatic heterocycles. The van der Waals surface area contributed by atoms with Crippen molar-refractivity contribution < 1.29 is 28.2 Å². The summed E-state index contributed by atoms with van der Waals surface area (Å²) in [6, 6.07) is 8.57. The van der Waals surface area contributed by atoms with Crippen LogP contribution in [-0.2, 0) is 20.9 Å². The third kappa shape index (κ3) is 5.60. The lowest BCUT2D eigenvalue weighted by Crippen LogP contribution is -2.42. The second-order valence-electron chi connectivity index (χ2n) is 6.71. The number of ether oxygens (including phenoxy) is 2. The lowest BCUT2D eigenvalue weighted by Gasteiger charge is -2.19. The first-order valence-electron chi connectivity index (χ1n) is 9.51. The molecule has 168 valence electrons. The van der Waals surface area contributed by atoms with Gasteiger partial charge in [0.25, 0.3) is 11.1 Å². The fourth-order valence-electron chi connectivity index (χ4n) is 2.92. The van der Waals surface area contributed by atoms with Crippen molar-refractivity contribution in [1.82, 2.24) is 4.90 Å². The topological polar surface area (TPSA) is 72.9 Å². The minimum absolute atomic E-state index is 0.158. The number of hydrogen-bond acceptors (Lipinski definition) is 6. The summed E-state index contributed by atoms with van der Waals surface area (Å²) < 4.78 is 25.3. The first-order valence-corrected chi connectivity index (χ1v) is 11.9. The maximum atomic E-state index is 13.4. The Balaban J connectivity index is 1.78. The lowest BCUT2D eigenvalue weighted by molar-refractivity contribution is -0.150. The average Bonchev–Trinajstić information content (AvgIpc) is 3.00. The Bertz CT molecular complexity index is 1080. The molecule has 0 aromatic heterocycles. The SMILES string of the molecule is CCOC(=O)[C@H](C)N1C(=O)S/C(=C/c2cc(Br)c(OCc3cccc(F)c3)c(Br)c2)C1=O.